The molecule has 0 aliphatic heterocycles. The number of rotatable bonds is 5. The smallest absolute Gasteiger partial charge is 0.116 e. The third-order valence-electron chi connectivity index (χ3n) is 6.50. The van der Waals surface area contributed by atoms with E-state index in [-0.39, 0.29) is 6.61 Å². The molecule has 25 heavy (non-hydrogen) atoms. The van der Waals surface area contributed by atoms with Crippen molar-refractivity contribution in [1.29, 1.82) is 0 Å². The van der Waals surface area contributed by atoms with E-state index in [1.807, 2.05) is 6.07 Å². The van der Waals surface area contributed by atoms with Crippen molar-refractivity contribution >= 4 is 0 Å². The summed E-state index contributed by atoms with van der Waals surface area (Å²) in [5.74, 6) is 2.65. The summed E-state index contributed by atoms with van der Waals surface area (Å²) < 4.78 is 0. The first kappa shape index (κ1) is 18.5. The Morgan fingerprint density at radius 1 is 1.16 bits per heavy atom. The van der Waals surface area contributed by atoms with Gasteiger partial charge in [-0.1, -0.05) is 44.9 Å². The van der Waals surface area contributed by atoms with Gasteiger partial charge in [0.2, 0.25) is 0 Å². The van der Waals surface area contributed by atoms with Gasteiger partial charge < -0.3 is 10.2 Å². The quantitative estimate of drug-likeness (QED) is 0.716. The summed E-state index contributed by atoms with van der Waals surface area (Å²) in [7, 11) is 0. The zero-order chi connectivity index (χ0) is 17.9. The van der Waals surface area contributed by atoms with E-state index in [4.69, 9.17) is 5.11 Å². The Kier molecular flexibility index (Phi) is 5.89. The molecule has 1 aromatic carbocycles. The lowest BCUT2D eigenvalue weighted by Gasteiger charge is -2.43. The Labute approximate surface area is 153 Å². The van der Waals surface area contributed by atoms with Crippen molar-refractivity contribution in [2.45, 2.75) is 65.2 Å². The number of allylic oxidation sites excluding steroid dienone is 2. The van der Waals surface area contributed by atoms with E-state index >= 15 is 0 Å². The predicted molar refractivity (Wildman–Crippen MR) is 104 cm³/mol. The highest BCUT2D eigenvalue weighted by atomic mass is 16.3. The first-order valence-electron chi connectivity index (χ1n) is 10.1. The maximum Gasteiger partial charge on any atom is 0.116 e. The molecular formula is C23H34O2. The van der Waals surface area contributed by atoms with Crippen molar-refractivity contribution in [3.8, 4) is 5.75 Å². The van der Waals surface area contributed by atoms with E-state index in [2.05, 4.69) is 32.1 Å². The molecule has 1 saturated carbocycles. The topological polar surface area (TPSA) is 40.5 Å². The summed E-state index contributed by atoms with van der Waals surface area (Å²) in [6.07, 6.45) is 14.5. The highest BCUT2D eigenvalue weighted by molar-refractivity contribution is 5.34. The van der Waals surface area contributed by atoms with E-state index in [0.29, 0.717) is 23.5 Å². The first-order valence-corrected chi connectivity index (χ1v) is 10.1. The summed E-state index contributed by atoms with van der Waals surface area (Å²) in [6.45, 7) is 4.99. The maximum absolute atomic E-state index is 9.99. The molecule has 2 aliphatic carbocycles. The molecule has 138 valence electrons. The Hall–Kier alpha value is -1.28. The number of aliphatic hydroxyl groups excluding tert-OH is 1. The molecule has 1 aromatic rings. The van der Waals surface area contributed by atoms with Crippen LogP contribution in [0.5, 0.6) is 5.75 Å². The normalized spacial score (nSPS) is 32.7. The zero-order valence-corrected chi connectivity index (χ0v) is 15.9. The van der Waals surface area contributed by atoms with Crippen LogP contribution in [0.1, 0.15) is 63.5 Å². The van der Waals surface area contributed by atoms with Crippen molar-refractivity contribution in [2.24, 2.45) is 23.2 Å². The van der Waals surface area contributed by atoms with Crippen LogP contribution in [0.15, 0.2) is 30.4 Å². The van der Waals surface area contributed by atoms with Crippen LogP contribution in [0.4, 0.5) is 0 Å². The van der Waals surface area contributed by atoms with Gasteiger partial charge in [0.05, 0.1) is 0 Å². The Bertz CT molecular complexity index is 606. The number of hydrogen-bond donors (Lipinski definition) is 2. The fraction of sp³-hybridized carbons (Fsp3) is 0.652. The molecule has 1 fully saturated rings. The molecule has 4 atom stereocenters. The first-order chi connectivity index (χ1) is 12.0. The van der Waals surface area contributed by atoms with Gasteiger partial charge in [-0.25, -0.2) is 0 Å². The van der Waals surface area contributed by atoms with Gasteiger partial charge in [0.25, 0.3) is 0 Å². The number of aromatic hydroxyl groups is 1. The number of hydrogen-bond acceptors (Lipinski definition) is 2. The van der Waals surface area contributed by atoms with Gasteiger partial charge in [0.15, 0.2) is 0 Å². The van der Waals surface area contributed by atoms with Crippen molar-refractivity contribution in [2.75, 3.05) is 6.61 Å². The molecule has 0 heterocycles. The molecular weight excluding hydrogens is 308 g/mol. The lowest BCUT2D eigenvalue weighted by Crippen LogP contribution is -2.33. The summed E-state index contributed by atoms with van der Waals surface area (Å²) in [6, 6.07) is 5.86. The Balaban J connectivity index is 1.68. The summed E-state index contributed by atoms with van der Waals surface area (Å²) in [5.41, 5.74) is 2.64. The summed E-state index contributed by atoms with van der Waals surface area (Å²) in [5, 5.41) is 19.1. The van der Waals surface area contributed by atoms with Gasteiger partial charge in [0, 0.05) is 6.61 Å². The third kappa shape index (κ3) is 4.67. The van der Waals surface area contributed by atoms with Gasteiger partial charge in [-0.3, -0.25) is 0 Å². The van der Waals surface area contributed by atoms with E-state index in [1.54, 1.807) is 6.07 Å². The van der Waals surface area contributed by atoms with Gasteiger partial charge in [-0.05, 0) is 85.0 Å². The standard InChI is InChI=1S/C23H34O2/c1-17-5-4-9-23(2,16-17)21-7-3-6-18(13-21)11-20-12-19(8-10-24)14-22(25)15-20/h4,9,12,14-15,17-18,21,24-25H,3,5-8,10-11,13,16H2,1-2H3. The lowest BCUT2D eigenvalue weighted by molar-refractivity contribution is 0.119. The van der Waals surface area contributed by atoms with E-state index in [0.717, 1.165) is 23.8 Å². The monoisotopic (exact) mass is 342 g/mol. The molecule has 0 radical (unpaired) electrons. The molecule has 4 unspecified atom stereocenters. The van der Waals surface area contributed by atoms with Gasteiger partial charge in [0.1, 0.15) is 5.75 Å². The van der Waals surface area contributed by atoms with Crippen LogP contribution in [0.2, 0.25) is 0 Å². The van der Waals surface area contributed by atoms with Crippen LogP contribution in [0, 0.1) is 23.2 Å². The minimum atomic E-state index is 0.136. The van der Waals surface area contributed by atoms with Crippen molar-refractivity contribution in [3.05, 3.63) is 41.5 Å². The van der Waals surface area contributed by atoms with Crippen LogP contribution >= 0.6 is 0 Å². The largest absolute Gasteiger partial charge is 0.508 e. The molecule has 0 saturated heterocycles. The second kappa shape index (κ2) is 7.95. The zero-order valence-electron chi connectivity index (χ0n) is 15.9. The number of phenolic OH excluding ortho intramolecular Hbond substituents is 1. The SMILES string of the molecule is CC1CC=CC(C)(C2CCCC(Cc3cc(O)cc(CCO)c3)C2)C1. The molecule has 0 spiro atoms. The second-order valence-corrected chi connectivity index (χ2v) is 8.87. The molecule has 0 amide bonds. The van der Waals surface area contributed by atoms with Crippen LogP contribution in [-0.4, -0.2) is 16.8 Å². The Morgan fingerprint density at radius 3 is 2.72 bits per heavy atom. The number of aliphatic hydroxyl groups is 1. The lowest BCUT2D eigenvalue weighted by atomic mass is 9.61. The average Bonchev–Trinajstić information content (AvgIpc) is 2.54. The van der Waals surface area contributed by atoms with Crippen molar-refractivity contribution in [1.82, 2.24) is 0 Å². The van der Waals surface area contributed by atoms with E-state index in [1.165, 1.54) is 44.1 Å². The number of benzene rings is 1. The molecule has 2 aliphatic rings. The fourth-order valence-corrected chi connectivity index (χ4v) is 5.32. The summed E-state index contributed by atoms with van der Waals surface area (Å²) >= 11 is 0. The van der Waals surface area contributed by atoms with Crippen LogP contribution in [0.3, 0.4) is 0 Å². The molecule has 2 nitrogen and oxygen atoms in total. The molecule has 2 N–H and O–H groups in total. The fourth-order valence-electron chi connectivity index (χ4n) is 5.32. The van der Waals surface area contributed by atoms with Gasteiger partial charge >= 0.3 is 0 Å². The molecule has 2 heteroatoms. The van der Waals surface area contributed by atoms with Crippen LogP contribution in [-0.2, 0) is 12.8 Å². The number of phenols is 1. The Morgan fingerprint density at radius 2 is 1.96 bits per heavy atom. The van der Waals surface area contributed by atoms with Crippen molar-refractivity contribution in [3.63, 3.8) is 0 Å². The molecule has 0 bridgehead atoms. The minimum absolute atomic E-state index is 0.136. The summed E-state index contributed by atoms with van der Waals surface area (Å²) in [4.78, 5) is 0. The second-order valence-electron chi connectivity index (χ2n) is 8.87. The third-order valence-corrected chi connectivity index (χ3v) is 6.50. The van der Waals surface area contributed by atoms with Gasteiger partial charge in [-0.15, -0.1) is 0 Å². The van der Waals surface area contributed by atoms with E-state index in [9.17, 15) is 5.11 Å². The average molecular weight is 343 g/mol. The van der Waals surface area contributed by atoms with Crippen LogP contribution < -0.4 is 0 Å². The maximum atomic E-state index is 9.99. The van der Waals surface area contributed by atoms with Crippen LogP contribution in [0.25, 0.3) is 0 Å². The van der Waals surface area contributed by atoms with Gasteiger partial charge in [-0.2, -0.15) is 0 Å². The predicted octanol–water partition coefficient (Wildman–Crippen LogP) is 5.27. The van der Waals surface area contributed by atoms with E-state index < -0.39 is 0 Å². The molecule has 3 rings (SSSR count). The highest BCUT2D eigenvalue weighted by Gasteiger charge is 2.37. The molecule has 0 aromatic heterocycles. The minimum Gasteiger partial charge on any atom is -0.508 e. The van der Waals surface area contributed by atoms with Crippen molar-refractivity contribution < 1.29 is 10.2 Å². The highest BCUT2D eigenvalue weighted by Crippen LogP contribution is 2.48.